The van der Waals surface area contributed by atoms with Gasteiger partial charge in [-0.25, -0.2) is 4.79 Å². The molecule has 0 unspecified atom stereocenters. The Bertz CT molecular complexity index is 618. The van der Waals surface area contributed by atoms with E-state index in [1.54, 1.807) is 23.7 Å². The van der Waals surface area contributed by atoms with Gasteiger partial charge in [0.15, 0.2) is 0 Å². The lowest BCUT2D eigenvalue weighted by molar-refractivity contribution is 0.184. The summed E-state index contributed by atoms with van der Waals surface area (Å²) < 4.78 is 5.90. The summed E-state index contributed by atoms with van der Waals surface area (Å²) in [5, 5.41) is 5.17. The van der Waals surface area contributed by atoms with Crippen molar-refractivity contribution >= 4 is 17.4 Å². The van der Waals surface area contributed by atoms with Crippen molar-refractivity contribution in [2.24, 2.45) is 0 Å². The van der Waals surface area contributed by atoms with Gasteiger partial charge in [0.25, 0.3) is 0 Å². The number of thiophene rings is 1. The van der Waals surface area contributed by atoms with Gasteiger partial charge in [-0.3, -0.25) is 4.98 Å². The molecule has 0 radical (unpaired) electrons. The number of likely N-dealkylation sites (tertiary alicyclic amines) is 1. The number of hydrogen-bond acceptors (Lipinski definition) is 4. The van der Waals surface area contributed by atoms with Crippen molar-refractivity contribution in [3.8, 4) is 5.75 Å². The highest BCUT2D eigenvalue weighted by Crippen LogP contribution is 2.23. The van der Waals surface area contributed by atoms with Gasteiger partial charge < -0.3 is 15.0 Å². The maximum Gasteiger partial charge on any atom is 0.318 e. The van der Waals surface area contributed by atoms with E-state index in [1.165, 1.54) is 4.88 Å². The summed E-state index contributed by atoms with van der Waals surface area (Å²) >= 11 is 1.68. The number of hydrogen-bond donors (Lipinski definition) is 1. The molecule has 5 nitrogen and oxygen atoms in total. The van der Waals surface area contributed by atoms with Crippen LogP contribution in [0.25, 0.3) is 0 Å². The Morgan fingerprint density at radius 1 is 1.48 bits per heavy atom. The van der Waals surface area contributed by atoms with Crippen LogP contribution in [0.15, 0.2) is 42.0 Å². The Hall–Kier alpha value is -2.08. The van der Waals surface area contributed by atoms with Gasteiger partial charge in [0, 0.05) is 30.2 Å². The lowest BCUT2D eigenvalue weighted by Gasteiger charge is -2.22. The molecule has 1 saturated heterocycles. The van der Waals surface area contributed by atoms with Crippen LogP contribution >= 0.6 is 11.3 Å². The lowest BCUT2D eigenvalue weighted by atomic mass is 10.2. The minimum atomic E-state index is -0.00826. The van der Waals surface area contributed by atoms with Gasteiger partial charge in [-0.15, -0.1) is 11.3 Å². The fourth-order valence-electron chi connectivity index (χ4n) is 2.72. The van der Waals surface area contributed by atoms with Crippen LogP contribution in [0.3, 0.4) is 0 Å². The first-order valence-electron chi connectivity index (χ1n) is 7.91. The molecule has 0 saturated carbocycles. The van der Waals surface area contributed by atoms with E-state index in [9.17, 15) is 4.79 Å². The Morgan fingerprint density at radius 3 is 3.00 bits per heavy atom. The molecule has 1 fully saturated rings. The highest BCUT2D eigenvalue weighted by atomic mass is 32.1. The Labute approximate surface area is 140 Å². The number of amides is 2. The average molecular weight is 331 g/mol. The predicted molar refractivity (Wildman–Crippen MR) is 90.7 cm³/mol. The van der Waals surface area contributed by atoms with Gasteiger partial charge >= 0.3 is 6.03 Å². The zero-order valence-electron chi connectivity index (χ0n) is 13.1. The summed E-state index contributed by atoms with van der Waals surface area (Å²) in [5.74, 6) is 0.803. The number of pyridine rings is 1. The van der Waals surface area contributed by atoms with Crippen molar-refractivity contribution < 1.29 is 9.53 Å². The molecule has 1 N–H and O–H groups in total. The summed E-state index contributed by atoms with van der Waals surface area (Å²) in [6.07, 6.45) is 5.20. The van der Waals surface area contributed by atoms with E-state index in [4.69, 9.17) is 4.74 Å². The van der Waals surface area contributed by atoms with Crippen LogP contribution in [-0.2, 0) is 0 Å². The molecule has 1 aliphatic heterocycles. The Kier molecular flexibility index (Phi) is 5.12. The Morgan fingerprint density at radius 2 is 2.30 bits per heavy atom. The third-order valence-electron chi connectivity index (χ3n) is 3.98. The molecule has 0 bridgehead atoms. The maximum absolute atomic E-state index is 12.5. The smallest absolute Gasteiger partial charge is 0.318 e. The standard InChI is InChI=1S/C17H21N3O2S/c1-2-15(16-4-3-11-23-16)19-17(21)20-10-7-14(12-20)22-13-5-8-18-9-6-13/h3-6,8-9,11,14-15H,2,7,10,12H2,1H3,(H,19,21)/t14-,15-/m0/s1. The molecule has 0 spiro atoms. The first-order valence-corrected chi connectivity index (χ1v) is 8.79. The van der Waals surface area contributed by atoms with Gasteiger partial charge in [0.2, 0.25) is 0 Å². The van der Waals surface area contributed by atoms with Crippen molar-refractivity contribution in [1.82, 2.24) is 15.2 Å². The molecule has 2 aromatic heterocycles. The molecule has 122 valence electrons. The molecule has 6 heteroatoms. The highest BCUT2D eigenvalue weighted by Gasteiger charge is 2.28. The molecule has 3 heterocycles. The van der Waals surface area contributed by atoms with Crippen molar-refractivity contribution in [2.45, 2.75) is 31.9 Å². The highest BCUT2D eigenvalue weighted by molar-refractivity contribution is 7.10. The fraction of sp³-hybridized carbons (Fsp3) is 0.412. The summed E-state index contributed by atoms with van der Waals surface area (Å²) in [6, 6.07) is 7.84. The molecular formula is C17H21N3O2S. The lowest BCUT2D eigenvalue weighted by Crippen LogP contribution is -2.40. The predicted octanol–water partition coefficient (Wildman–Crippen LogP) is 3.46. The molecule has 2 amide bonds. The van der Waals surface area contributed by atoms with Crippen LogP contribution in [0.5, 0.6) is 5.75 Å². The van der Waals surface area contributed by atoms with Crippen LogP contribution < -0.4 is 10.1 Å². The van der Waals surface area contributed by atoms with Crippen molar-refractivity contribution in [2.75, 3.05) is 13.1 Å². The molecule has 0 aromatic carbocycles. The summed E-state index contributed by atoms with van der Waals surface area (Å²) in [5.41, 5.74) is 0. The second-order valence-corrected chi connectivity index (χ2v) is 6.56. The third kappa shape index (κ3) is 4.01. The van der Waals surface area contributed by atoms with Gasteiger partial charge in [0.1, 0.15) is 11.9 Å². The number of ether oxygens (including phenoxy) is 1. The number of nitrogens with one attached hydrogen (secondary N) is 1. The molecule has 3 rings (SSSR count). The molecule has 2 aromatic rings. The largest absolute Gasteiger partial charge is 0.488 e. The molecule has 23 heavy (non-hydrogen) atoms. The van der Waals surface area contributed by atoms with Crippen LogP contribution in [0.2, 0.25) is 0 Å². The van der Waals surface area contributed by atoms with Crippen LogP contribution in [0, 0.1) is 0 Å². The summed E-state index contributed by atoms with van der Waals surface area (Å²) in [7, 11) is 0. The number of carbonyl (C=O) groups is 1. The summed E-state index contributed by atoms with van der Waals surface area (Å²) in [4.78, 5) is 19.5. The van der Waals surface area contributed by atoms with Crippen molar-refractivity contribution in [3.63, 3.8) is 0 Å². The second kappa shape index (κ2) is 7.46. The van der Waals surface area contributed by atoms with Crippen molar-refractivity contribution in [1.29, 1.82) is 0 Å². The van der Waals surface area contributed by atoms with E-state index in [0.717, 1.165) is 25.1 Å². The van der Waals surface area contributed by atoms with Crippen LogP contribution in [0.1, 0.15) is 30.7 Å². The first-order chi connectivity index (χ1) is 11.3. The quantitative estimate of drug-likeness (QED) is 0.913. The van der Waals surface area contributed by atoms with E-state index >= 15 is 0 Å². The average Bonchev–Trinajstić information content (AvgIpc) is 3.25. The third-order valence-corrected chi connectivity index (χ3v) is 4.96. The molecule has 1 aliphatic rings. The molecule has 2 atom stereocenters. The number of urea groups is 1. The van der Waals surface area contributed by atoms with Gasteiger partial charge in [-0.2, -0.15) is 0 Å². The zero-order valence-corrected chi connectivity index (χ0v) is 14.0. The minimum absolute atomic E-state index is 0.00826. The molecule has 0 aliphatic carbocycles. The van der Waals surface area contributed by atoms with E-state index in [1.807, 2.05) is 28.5 Å². The van der Waals surface area contributed by atoms with Gasteiger partial charge in [-0.1, -0.05) is 13.0 Å². The van der Waals surface area contributed by atoms with Crippen LogP contribution in [0.4, 0.5) is 4.79 Å². The van der Waals surface area contributed by atoms with E-state index in [-0.39, 0.29) is 18.2 Å². The first kappa shape index (κ1) is 15.8. The molecular weight excluding hydrogens is 310 g/mol. The van der Waals surface area contributed by atoms with Crippen molar-refractivity contribution in [3.05, 3.63) is 46.9 Å². The normalized spacial score (nSPS) is 18.7. The number of rotatable bonds is 5. The fourth-order valence-corrected chi connectivity index (χ4v) is 3.58. The maximum atomic E-state index is 12.5. The zero-order chi connectivity index (χ0) is 16.1. The van der Waals surface area contributed by atoms with E-state index < -0.39 is 0 Å². The van der Waals surface area contributed by atoms with Gasteiger partial charge in [-0.05, 0) is 30.0 Å². The van der Waals surface area contributed by atoms with E-state index in [0.29, 0.717) is 6.54 Å². The topological polar surface area (TPSA) is 54.5 Å². The number of carbonyl (C=O) groups excluding carboxylic acids is 1. The van der Waals surface area contributed by atoms with E-state index in [2.05, 4.69) is 23.3 Å². The monoisotopic (exact) mass is 331 g/mol. The Balaban J connectivity index is 1.53. The van der Waals surface area contributed by atoms with Crippen LogP contribution in [-0.4, -0.2) is 35.1 Å². The summed E-state index contributed by atoms with van der Waals surface area (Å²) in [6.45, 7) is 3.43. The number of nitrogens with zero attached hydrogens (tertiary/aromatic N) is 2. The SMILES string of the molecule is CC[C@H](NC(=O)N1CC[C@H](Oc2ccncc2)C1)c1cccs1. The van der Waals surface area contributed by atoms with Gasteiger partial charge in [0.05, 0.1) is 12.6 Å². The number of aromatic nitrogens is 1. The minimum Gasteiger partial charge on any atom is -0.488 e. The second-order valence-electron chi connectivity index (χ2n) is 5.58.